The number of nitrogens with one attached hydrogen (secondary N) is 1. The predicted octanol–water partition coefficient (Wildman–Crippen LogP) is 16.1. The standard InChI is InChI=1S/C62H98N4O4S2/c1-19-23-27-43(21-3)37-71-31-25-29-59(11,12)57(69)63-49-35-51-47(61(15,16)41(9)65(51)39(5)6)33-45(49)53-55(67)54(56(53)68)46-34-48-52(66(40(7)8)42(10)62(48,17)18)36-50(46)64-58(70)60(13,14)30-26-32-72-38-44(22-4)28-24-20-2/h33-36,39-44,67H,19-32,37-38H2,1-18H3,(H,63,69). The van der Waals surface area contributed by atoms with E-state index in [0.29, 0.717) is 29.0 Å². The lowest BCUT2D eigenvalue weighted by molar-refractivity contribution is -0.126. The van der Waals surface area contributed by atoms with Crippen molar-refractivity contribution in [2.75, 3.05) is 33.2 Å². The van der Waals surface area contributed by atoms with Gasteiger partial charge in [0.05, 0.1) is 22.5 Å². The predicted molar refractivity (Wildman–Crippen MR) is 313 cm³/mol. The molecule has 0 bridgehead atoms. The number of Topliss-reactive ketones (excluding diaryl/α,β-unsaturated/α-hetero) is 1. The first kappa shape index (κ1) is 59.6. The van der Waals surface area contributed by atoms with Gasteiger partial charge in [-0.05, 0) is 150 Å². The molecule has 10 heteroatoms. The van der Waals surface area contributed by atoms with Crippen LogP contribution in [0.2, 0.25) is 0 Å². The Hall–Kier alpha value is -3.24. The van der Waals surface area contributed by atoms with Gasteiger partial charge in [0.1, 0.15) is 5.76 Å². The Morgan fingerprint density at radius 2 is 1.28 bits per heavy atom. The second-order valence-corrected chi connectivity index (χ2v) is 27.2. The van der Waals surface area contributed by atoms with Crippen molar-refractivity contribution >= 4 is 63.8 Å². The fourth-order valence-corrected chi connectivity index (χ4v) is 13.9. The maximum atomic E-state index is 15.2. The van der Waals surface area contributed by atoms with Crippen molar-refractivity contribution in [1.29, 1.82) is 0 Å². The largest absolute Gasteiger partial charge is 0.506 e. The lowest BCUT2D eigenvalue weighted by Gasteiger charge is -2.34. The molecule has 0 radical (unpaired) electrons. The van der Waals surface area contributed by atoms with E-state index >= 15 is 4.79 Å². The molecule has 2 N–H and O–H groups in total. The molecule has 72 heavy (non-hydrogen) atoms. The molecule has 2 aliphatic carbocycles. The van der Waals surface area contributed by atoms with Crippen molar-refractivity contribution in [2.45, 2.75) is 231 Å². The Morgan fingerprint density at radius 1 is 0.750 bits per heavy atom. The van der Waals surface area contributed by atoms with Crippen molar-refractivity contribution in [1.82, 2.24) is 4.90 Å². The molecule has 0 saturated carbocycles. The van der Waals surface area contributed by atoms with E-state index in [1.807, 2.05) is 75.5 Å². The summed E-state index contributed by atoms with van der Waals surface area (Å²) in [7, 11) is 0. The number of hydrogen-bond donors (Lipinski definition) is 2. The van der Waals surface area contributed by atoms with Crippen molar-refractivity contribution < 1.29 is 19.5 Å². The monoisotopic (exact) mass is 1030 g/mol. The molecule has 2 aliphatic heterocycles. The van der Waals surface area contributed by atoms with Crippen LogP contribution in [0.4, 0.5) is 11.4 Å². The van der Waals surface area contributed by atoms with Gasteiger partial charge >= 0.3 is 0 Å². The molecule has 4 aliphatic rings. The Balaban J connectivity index is 1.56. The van der Waals surface area contributed by atoms with Crippen molar-refractivity contribution in [3.63, 3.8) is 0 Å². The van der Waals surface area contributed by atoms with Crippen LogP contribution in [-0.2, 0) is 19.8 Å². The second-order valence-electron chi connectivity index (χ2n) is 24.9. The Morgan fingerprint density at radius 3 is 1.78 bits per heavy atom. The van der Waals surface area contributed by atoms with Crippen molar-refractivity contribution in [3.05, 3.63) is 63.6 Å². The molecule has 2 heterocycles. The first-order chi connectivity index (χ1) is 33.7. The zero-order valence-corrected chi connectivity index (χ0v) is 50.1. The van der Waals surface area contributed by atoms with Crippen molar-refractivity contribution in [2.24, 2.45) is 33.1 Å². The van der Waals surface area contributed by atoms with E-state index in [0.717, 1.165) is 76.6 Å². The minimum absolute atomic E-state index is 0.108. The van der Waals surface area contributed by atoms with Crippen LogP contribution in [0.3, 0.4) is 0 Å². The van der Waals surface area contributed by atoms with Crippen LogP contribution in [-0.4, -0.2) is 80.5 Å². The number of likely N-dealkylation sites (tertiary alicyclic amines) is 1. The third-order valence-electron chi connectivity index (χ3n) is 17.3. The van der Waals surface area contributed by atoms with E-state index in [2.05, 4.69) is 112 Å². The number of amides is 2. The smallest absolute Gasteiger partial charge is 0.251 e. The summed E-state index contributed by atoms with van der Waals surface area (Å²) in [5.41, 5.74) is 4.46. The van der Waals surface area contributed by atoms with Gasteiger partial charge in [-0.3, -0.25) is 14.4 Å². The highest BCUT2D eigenvalue weighted by molar-refractivity contribution is 7.99. The molecule has 4 unspecified atom stereocenters. The number of aliphatic imine (C=N–C) groups is 1. The summed E-state index contributed by atoms with van der Waals surface area (Å²) in [5, 5.41) is 15.9. The minimum Gasteiger partial charge on any atom is -0.506 e. The number of ketones is 1. The summed E-state index contributed by atoms with van der Waals surface area (Å²) >= 11 is 4.00. The highest BCUT2D eigenvalue weighted by Gasteiger charge is 2.50. The Labute approximate surface area is 447 Å². The molecule has 1 saturated heterocycles. The number of aliphatic hydroxyl groups is 1. The molecule has 1 aromatic rings. The Kier molecular flexibility index (Phi) is 20.4. The summed E-state index contributed by atoms with van der Waals surface area (Å²) in [5.74, 6) is 5.03. The Bertz CT molecular complexity index is 2290. The molecule has 0 spiro atoms. The van der Waals surface area contributed by atoms with Gasteiger partial charge in [-0.15, -0.1) is 0 Å². The summed E-state index contributed by atoms with van der Waals surface area (Å²) in [6, 6.07) is 4.75. The fraction of sp³-hybridized carbons (Fsp3) is 0.710. The number of hydrogen-bond acceptors (Lipinski definition) is 8. The van der Waals surface area contributed by atoms with Crippen LogP contribution in [0.5, 0.6) is 0 Å². The average Bonchev–Trinajstić information content (AvgIpc) is 3.63. The number of nitrogens with zero attached hydrogens (tertiary/aromatic N) is 3. The van der Waals surface area contributed by atoms with E-state index in [4.69, 9.17) is 4.99 Å². The van der Waals surface area contributed by atoms with Crippen LogP contribution in [0, 0.1) is 28.1 Å². The van der Waals surface area contributed by atoms with Gasteiger partial charge in [0, 0.05) is 68.3 Å². The van der Waals surface area contributed by atoms with Gasteiger partial charge in [-0.1, -0.05) is 122 Å². The van der Waals surface area contributed by atoms with Gasteiger partial charge in [0.15, 0.2) is 0 Å². The van der Waals surface area contributed by atoms with Gasteiger partial charge in [-0.2, -0.15) is 23.5 Å². The van der Waals surface area contributed by atoms with Crippen LogP contribution in [0.15, 0.2) is 57.5 Å². The van der Waals surface area contributed by atoms with Gasteiger partial charge in [-0.25, -0.2) is 4.99 Å². The summed E-state index contributed by atoms with van der Waals surface area (Å²) in [6.07, 6.45) is 17.3. The number of unbranched alkanes of at least 4 members (excludes halogenated alkanes) is 2. The second kappa shape index (κ2) is 24.6. The molecule has 8 nitrogen and oxygen atoms in total. The summed E-state index contributed by atoms with van der Waals surface area (Å²) in [6.45, 7) is 39.2. The number of rotatable bonds is 26. The number of fused-ring (bicyclic) bond motifs is 2. The molecule has 5 rings (SSSR count). The highest BCUT2D eigenvalue weighted by atomic mass is 32.2. The topological polar surface area (TPSA) is 102 Å². The molecular weight excluding hydrogens is 929 g/mol. The van der Waals surface area contributed by atoms with Crippen LogP contribution < -0.4 is 10.2 Å². The number of thioether (sulfide) groups is 2. The normalized spacial score (nSPS) is 22.1. The first-order valence-corrected chi connectivity index (χ1v) is 30.6. The number of carbonyl (C=O) groups is 3. The van der Waals surface area contributed by atoms with E-state index < -0.39 is 10.8 Å². The maximum absolute atomic E-state index is 15.2. The lowest BCUT2D eigenvalue weighted by atomic mass is 9.73. The summed E-state index contributed by atoms with van der Waals surface area (Å²) < 4.78 is 0. The highest BCUT2D eigenvalue weighted by Crippen LogP contribution is 2.54. The van der Waals surface area contributed by atoms with E-state index in [9.17, 15) is 14.7 Å². The van der Waals surface area contributed by atoms with Crippen LogP contribution >= 0.6 is 23.5 Å². The number of anilines is 2. The van der Waals surface area contributed by atoms with E-state index in [1.165, 1.54) is 51.4 Å². The molecule has 402 valence electrons. The molecule has 1 aromatic carbocycles. The van der Waals surface area contributed by atoms with Crippen LogP contribution in [0.1, 0.15) is 213 Å². The SMILES string of the molecule is CCCCC(CC)CSCCCC(C)(C)C(=O)N=C1C=C2C(=CC1=C1C(=O)C(c3cc4c(cc3NC(=O)C(C)(C)CCCSCC(CC)CCCC)N(C(C)C)C(C)C4(C)C)=C1O)C(C)(C)C(C)N2C(C)C. The zero-order valence-electron chi connectivity index (χ0n) is 48.4. The quantitative estimate of drug-likeness (QED) is 0.0699. The molecule has 0 aromatic heterocycles. The van der Waals surface area contributed by atoms with Gasteiger partial charge in [0.2, 0.25) is 11.7 Å². The minimum atomic E-state index is -0.727. The number of allylic oxidation sites excluding steroid dienone is 6. The maximum Gasteiger partial charge on any atom is 0.251 e. The van der Waals surface area contributed by atoms with Crippen LogP contribution in [0.25, 0.3) is 5.57 Å². The van der Waals surface area contributed by atoms with Gasteiger partial charge < -0.3 is 20.2 Å². The van der Waals surface area contributed by atoms with Gasteiger partial charge in [0.25, 0.3) is 5.91 Å². The van der Waals surface area contributed by atoms with E-state index in [1.54, 1.807) is 0 Å². The number of aliphatic hydroxyl groups excluding tert-OH is 1. The lowest BCUT2D eigenvalue weighted by Crippen LogP contribution is -2.42. The first-order valence-electron chi connectivity index (χ1n) is 28.3. The third kappa shape index (κ3) is 12.7. The zero-order chi connectivity index (χ0) is 53.7. The average molecular weight is 1030 g/mol. The molecule has 1 fully saturated rings. The molecular formula is C62H98N4O4S2. The van der Waals surface area contributed by atoms with E-state index in [-0.39, 0.29) is 69.5 Å². The molecule has 2 amide bonds. The fourth-order valence-electron chi connectivity index (χ4n) is 11.4. The number of carbonyl (C=O) groups excluding carboxylic acids is 3. The third-order valence-corrected chi connectivity index (χ3v) is 19.9. The van der Waals surface area contributed by atoms with Crippen molar-refractivity contribution in [3.8, 4) is 0 Å². The molecule has 4 atom stereocenters. The summed E-state index contributed by atoms with van der Waals surface area (Å²) in [4.78, 5) is 53.9. The number of benzene rings is 1.